The van der Waals surface area contributed by atoms with Crippen LogP contribution in [0.3, 0.4) is 0 Å². The summed E-state index contributed by atoms with van der Waals surface area (Å²) in [7, 11) is 1.93. The Morgan fingerprint density at radius 1 is 1.35 bits per heavy atom. The van der Waals surface area contributed by atoms with Gasteiger partial charge in [0.1, 0.15) is 11.6 Å². The van der Waals surface area contributed by atoms with Gasteiger partial charge in [-0.1, -0.05) is 27.2 Å². The molecule has 2 rings (SSSR count). The molecule has 2 aromatic heterocycles. The Kier molecular flexibility index (Phi) is 5.78. The number of carbonyl (C=O) groups excluding carboxylic acids is 1. The molecule has 2 N–H and O–H groups in total. The number of carbonyl (C=O) groups is 1. The minimum atomic E-state index is -0.239. The van der Waals surface area contributed by atoms with Gasteiger partial charge >= 0.3 is 6.03 Å². The van der Waals surface area contributed by atoms with E-state index >= 15 is 0 Å². The first-order valence-electron chi connectivity index (χ1n) is 8.07. The highest BCUT2D eigenvalue weighted by molar-refractivity contribution is 5.88. The van der Waals surface area contributed by atoms with E-state index in [1.165, 1.54) is 0 Å². The van der Waals surface area contributed by atoms with Gasteiger partial charge in [-0.3, -0.25) is 5.32 Å². The predicted octanol–water partition coefficient (Wildman–Crippen LogP) is 2.94. The molecule has 2 heterocycles. The van der Waals surface area contributed by atoms with Gasteiger partial charge in [-0.25, -0.2) is 14.5 Å². The molecule has 0 aliphatic rings. The Morgan fingerprint density at radius 3 is 2.74 bits per heavy atom. The van der Waals surface area contributed by atoms with Crippen molar-refractivity contribution in [3.8, 4) is 0 Å². The molecule has 126 valence electrons. The molecule has 23 heavy (non-hydrogen) atoms. The fraction of sp³-hybridized carbons (Fsp3) is 0.562. The summed E-state index contributed by atoms with van der Waals surface area (Å²) in [6, 6.07) is 1.45. The van der Waals surface area contributed by atoms with Crippen LogP contribution in [-0.4, -0.2) is 25.4 Å². The molecule has 0 bridgehead atoms. The Labute approximate surface area is 137 Å². The van der Waals surface area contributed by atoms with Crippen LogP contribution in [0.15, 0.2) is 24.7 Å². The lowest BCUT2D eigenvalue weighted by molar-refractivity contribution is 0.246. The van der Waals surface area contributed by atoms with Gasteiger partial charge in [0.05, 0.1) is 12.2 Å². The summed E-state index contributed by atoms with van der Waals surface area (Å²) in [6.45, 7) is 7.08. The fourth-order valence-electron chi connectivity index (χ4n) is 2.51. The van der Waals surface area contributed by atoms with E-state index in [-0.39, 0.29) is 12.1 Å². The van der Waals surface area contributed by atoms with Gasteiger partial charge in [0.2, 0.25) is 0 Å². The van der Waals surface area contributed by atoms with Crippen LogP contribution in [0, 0.1) is 5.92 Å². The smallest absolute Gasteiger partial charge is 0.320 e. The standard InChI is InChI=1S/C16H26N6O/c1-5-6-13(15-17-9-10-21(15)4)19-16(23)20-14-7-8-18-22(14)11-12(2)3/h7-10,12-13H,5-6,11H2,1-4H3,(H2,19,20,23). The second-order valence-corrected chi connectivity index (χ2v) is 6.13. The lowest BCUT2D eigenvalue weighted by Gasteiger charge is -2.19. The van der Waals surface area contributed by atoms with Crippen molar-refractivity contribution in [3.63, 3.8) is 0 Å². The molecule has 2 aromatic rings. The van der Waals surface area contributed by atoms with Crippen molar-refractivity contribution >= 4 is 11.8 Å². The van der Waals surface area contributed by atoms with Crippen molar-refractivity contribution in [2.24, 2.45) is 13.0 Å². The average molecular weight is 318 g/mol. The number of anilines is 1. The molecule has 0 spiro atoms. The molecular weight excluding hydrogens is 292 g/mol. The van der Waals surface area contributed by atoms with Crippen molar-refractivity contribution in [3.05, 3.63) is 30.5 Å². The molecule has 0 radical (unpaired) electrons. The van der Waals surface area contributed by atoms with Gasteiger partial charge < -0.3 is 9.88 Å². The number of aromatic nitrogens is 4. The van der Waals surface area contributed by atoms with E-state index in [0.29, 0.717) is 11.7 Å². The normalized spacial score (nSPS) is 12.4. The third-order valence-corrected chi connectivity index (χ3v) is 3.55. The Hall–Kier alpha value is -2.31. The summed E-state index contributed by atoms with van der Waals surface area (Å²) < 4.78 is 3.74. The van der Waals surface area contributed by atoms with Gasteiger partial charge in [-0.05, 0) is 12.3 Å². The number of hydrogen-bond acceptors (Lipinski definition) is 3. The van der Waals surface area contributed by atoms with E-state index in [4.69, 9.17) is 0 Å². The van der Waals surface area contributed by atoms with Crippen LogP contribution in [-0.2, 0) is 13.6 Å². The molecule has 1 unspecified atom stereocenters. The van der Waals surface area contributed by atoms with Crippen LogP contribution in [0.5, 0.6) is 0 Å². The minimum Gasteiger partial charge on any atom is -0.336 e. The highest BCUT2D eigenvalue weighted by Gasteiger charge is 2.18. The van der Waals surface area contributed by atoms with E-state index < -0.39 is 0 Å². The predicted molar refractivity (Wildman–Crippen MR) is 90.1 cm³/mol. The van der Waals surface area contributed by atoms with E-state index in [0.717, 1.165) is 25.2 Å². The summed E-state index contributed by atoms with van der Waals surface area (Å²) in [5, 5.41) is 10.1. The Balaban J connectivity index is 2.02. The number of rotatable bonds is 7. The van der Waals surface area contributed by atoms with Crippen molar-refractivity contribution in [1.29, 1.82) is 0 Å². The number of nitrogens with zero attached hydrogens (tertiary/aromatic N) is 4. The molecule has 0 saturated heterocycles. The highest BCUT2D eigenvalue weighted by atomic mass is 16.2. The van der Waals surface area contributed by atoms with Crippen LogP contribution in [0.2, 0.25) is 0 Å². The lowest BCUT2D eigenvalue weighted by atomic mass is 10.1. The van der Waals surface area contributed by atoms with Gasteiger partial charge in [-0.2, -0.15) is 5.10 Å². The van der Waals surface area contributed by atoms with Crippen LogP contribution in [0.4, 0.5) is 10.6 Å². The number of urea groups is 1. The summed E-state index contributed by atoms with van der Waals surface area (Å²) in [5.41, 5.74) is 0. The number of nitrogens with one attached hydrogen (secondary N) is 2. The molecule has 7 nitrogen and oxygen atoms in total. The van der Waals surface area contributed by atoms with Crippen molar-refractivity contribution in [2.45, 2.75) is 46.2 Å². The van der Waals surface area contributed by atoms with Crippen LogP contribution in [0.1, 0.15) is 45.5 Å². The Bertz CT molecular complexity index is 630. The minimum absolute atomic E-state index is 0.110. The second kappa shape index (κ2) is 7.80. The largest absolute Gasteiger partial charge is 0.336 e. The van der Waals surface area contributed by atoms with Gasteiger partial charge in [0.25, 0.3) is 0 Å². The Morgan fingerprint density at radius 2 is 2.13 bits per heavy atom. The van der Waals surface area contributed by atoms with Crippen LogP contribution < -0.4 is 10.6 Å². The van der Waals surface area contributed by atoms with E-state index in [9.17, 15) is 4.79 Å². The molecule has 0 saturated carbocycles. The zero-order valence-corrected chi connectivity index (χ0v) is 14.3. The van der Waals surface area contributed by atoms with Crippen molar-refractivity contribution in [2.75, 3.05) is 5.32 Å². The molecule has 7 heteroatoms. The highest BCUT2D eigenvalue weighted by Crippen LogP contribution is 2.17. The zero-order valence-electron chi connectivity index (χ0n) is 14.3. The molecule has 0 aliphatic carbocycles. The van der Waals surface area contributed by atoms with E-state index in [1.54, 1.807) is 23.1 Å². The fourth-order valence-corrected chi connectivity index (χ4v) is 2.51. The summed E-state index contributed by atoms with van der Waals surface area (Å²) in [4.78, 5) is 16.7. The molecule has 1 atom stereocenters. The zero-order chi connectivity index (χ0) is 16.8. The van der Waals surface area contributed by atoms with Gasteiger partial charge in [0, 0.05) is 32.1 Å². The first-order valence-corrected chi connectivity index (χ1v) is 8.07. The monoisotopic (exact) mass is 318 g/mol. The number of hydrogen-bond donors (Lipinski definition) is 2. The second-order valence-electron chi connectivity index (χ2n) is 6.13. The summed E-state index contributed by atoms with van der Waals surface area (Å²) in [5.74, 6) is 2.02. The molecular formula is C16H26N6O. The summed E-state index contributed by atoms with van der Waals surface area (Å²) in [6.07, 6.45) is 7.12. The molecule has 0 aromatic carbocycles. The molecule has 0 aliphatic heterocycles. The summed E-state index contributed by atoms with van der Waals surface area (Å²) >= 11 is 0. The lowest BCUT2D eigenvalue weighted by Crippen LogP contribution is -2.34. The van der Waals surface area contributed by atoms with Gasteiger partial charge in [-0.15, -0.1) is 0 Å². The first-order chi connectivity index (χ1) is 11.0. The first kappa shape index (κ1) is 17.1. The van der Waals surface area contributed by atoms with Crippen molar-refractivity contribution in [1.82, 2.24) is 24.6 Å². The maximum Gasteiger partial charge on any atom is 0.320 e. The quantitative estimate of drug-likeness (QED) is 0.824. The van der Waals surface area contributed by atoms with E-state index in [2.05, 4.69) is 41.5 Å². The average Bonchev–Trinajstić information content (AvgIpc) is 3.07. The third-order valence-electron chi connectivity index (χ3n) is 3.55. The van der Waals surface area contributed by atoms with E-state index in [1.807, 2.05) is 17.8 Å². The third kappa shape index (κ3) is 4.58. The number of amides is 2. The van der Waals surface area contributed by atoms with Gasteiger partial charge in [0.15, 0.2) is 0 Å². The number of aryl methyl sites for hydroxylation is 1. The van der Waals surface area contributed by atoms with Crippen LogP contribution >= 0.6 is 0 Å². The molecule has 0 fully saturated rings. The maximum absolute atomic E-state index is 12.3. The maximum atomic E-state index is 12.3. The molecule has 2 amide bonds. The topological polar surface area (TPSA) is 76.8 Å². The van der Waals surface area contributed by atoms with Crippen LogP contribution in [0.25, 0.3) is 0 Å². The number of imidazole rings is 1. The SMILES string of the molecule is CCCC(NC(=O)Nc1ccnn1CC(C)C)c1nccn1C. The van der Waals surface area contributed by atoms with Crippen molar-refractivity contribution < 1.29 is 4.79 Å².